The van der Waals surface area contributed by atoms with E-state index in [-0.39, 0.29) is 71.0 Å². The van der Waals surface area contributed by atoms with Gasteiger partial charge >= 0.3 is 5.97 Å². The molecule has 2 aliphatic rings. The van der Waals surface area contributed by atoms with Crippen LogP contribution in [0.1, 0.15) is 31.1 Å². The highest BCUT2D eigenvalue weighted by Gasteiger charge is 2.54. The highest BCUT2D eigenvalue weighted by atomic mass is 35.5. The second-order valence-electron chi connectivity index (χ2n) is 10.1. The zero-order valence-corrected chi connectivity index (χ0v) is 28.8. The van der Waals surface area contributed by atoms with E-state index in [9.17, 15) is 29.4 Å². The average molecular weight is 751 g/mol. The number of carboxylic acids is 1. The average Bonchev–Trinajstić information content (AvgIpc) is 3.63. The normalized spacial score (nSPS) is 17.7. The molecule has 254 valence electrons. The molecule has 47 heavy (non-hydrogen) atoms. The minimum absolute atomic E-state index is 0. The van der Waals surface area contributed by atoms with Crippen LogP contribution in [0.2, 0.25) is 0 Å². The first-order chi connectivity index (χ1) is 21.3. The number of thiazole rings is 1. The van der Waals surface area contributed by atoms with Gasteiger partial charge in [-0.05, 0) is 32.4 Å². The zero-order chi connectivity index (χ0) is 32.6. The number of aliphatic hydroxyl groups is 1. The molecule has 0 spiro atoms. The molecule has 23 heteroatoms. The molecule has 3 amide bonds. The zero-order valence-electron chi connectivity index (χ0n) is 24.7. The number of nitrogens with one attached hydrogen (secondary N) is 2. The van der Waals surface area contributed by atoms with Gasteiger partial charge in [-0.2, -0.15) is 9.50 Å². The molecule has 8 N–H and O–H groups in total. The van der Waals surface area contributed by atoms with E-state index in [1.165, 1.54) is 47.3 Å². The Kier molecular flexibility index (Phi) is 12.0. The van der Waals surface area contributed by atoms with Gasteiger partial charge in [-0.15, -0.1) is 64.8 Å². The number of anilines is 1. The second kappa shape index (κ2) is 15.0. The van der Waals surface area contributed by atoms with Crippen LogP contribution in [-0.4, -0.2) is 97.6 Å². The van der Waals surface area contributed by atoms with Gasteiger partial charge in [0, 0.05) is 22.6 Å². The van der Waals surface area contributed by atoms with Crippen molar-refractivity contribution in [2.45, 2.75) is 49.4 Å². The van der Waals surface area contributed by atoms with E-state index in [0.29, 0.717) is 22.1 Å². The predicted octanol–water partition coefficient (Wildman–Crippen LogP) is -0.173. The second-order valence-corrected chi connectivity index (χ2v) is 13.1. The Morgan fingerprint density at radius 2 is 1.98 bits per heavy atom. The summed E-state index contributed by atoms with van der Waals surface area (Å²) >= 11 is 3.61. The summed E-state index contributed by atoms with van der Waals surface area (Å²) in [7, 11) is 0. The van der Waals surface area contributed by atoms with Crippen LogP contribution < -0.4 is 22.3 Å². The maximum absolute atomic E-state index is 13.4. The third-order valence-corrected chi connectivity index (χ3v) is 9.64. The maximum Gasteiger partial charge on any atom is 0.352 e. The molecular weight excluding hydrogens is 721 g/mol. The van der Waals surface area contributed by atoms with E-state index in [1.807, 2.05) is 5.43 Å². The van der Waals surface area contributed by atoms with Crippen molar-refractivity contribution in [3.05, 3.63) is 39.9 Å². The molecule has 1 saturated heterocycles. The first kappa shape index (κ1) is 37.7. The van der Waals surface area contributed by atoms with Crippen molar-refractivity contribution in [2.24, 2.45) is 11.0 Å². The number of aryl methyl sites for hydroxylation is 1. The molecule has 18 nitrogen and oxygen atoms in total. The predicted molar refractivity (Wildman–Crippen MR) is 177 cm³/mol. The number of amides is 3. The minimum atomic E-state index is -1.56. The lowest BCUT2D eigenvalue weighted by Gasteiger charge is -2.49. The number of carboxylic acid groups (broad SMARTS) is 1. The van der Waals surface area contributed by atoms with Crippen LogP contribution in [0, 0.1) is 6.92 Å². The number of oxime groups is 1. The Labute approximate surface area is 290 Å². The highest BCUT2D eigenvalue weighted by Crippen LogP contribution is 2.41. The van der Waals surface area contributed by atoms with Crippen molar-refractivity contribution in [3.63, 3.8) is 0 Å². The molecule has 2 aliphatic heterocycles. The Morgan fingerprint density at radius 1 is 1.26 bits per heavy atom. The van der Waals surface area contributed by atoms with Gasteiger partial charge in [0.15, 0.2) is 16.7 Å². The molecule has 3 aromatic rings. The SMILES string of the molecule is Cc1cc(SCC2=C(C(=O)O)N3C(=O)C(NC(=O)C(=NOC(C)(C)C(=O)NN)c4csc(N)n4)[C@@H]3SC2)n2nc(CO)nc2n1.Cl.Cl. The number of thioether (sulfide) groups is 2. The van der Waals surface area contributed by atoms with Crippen molar-refractivity contribution in [2.75, 3.05) is 17.2 Å². The standard InChI is InChI=1S/C24H27N11O7S3.2ClH/c1-9-4-13(35-23(27-9)29-12(5-36)32-35)43-6-10-7-44-19-15(18(38)34(19)16(10)20(39)40)30-17(37)14(11-8-45-22(25)28-11)33-42-24(2,3)21(41)31-26;;/h4,8,15,19,36H,5-7,26H2,1-3H3,(H2,25,28)(H,30,37)(H,31,41)(H,39,40);2*1H/t15?,19-;;/m0../s1. The van der Waals surface area contributed by atoms with E-state index >= 15 is 0 Å². The summed E-state index contributed by atoms with van der Waals surface area (Å²) in [6.45, 7) is 4.16. The van der Waals surface area contributed by atoms with E-state index in [1.54, 1.807) is 13.0 Å². The molecule has 0 aromatic carbocycles. The molecular formula is C24H29Cl2N11O7S3. The van der Waals surface area contributed by atoms with Crippen LogP contribution in [-0.2, 0) is 30.6 Å². The van der Waals surface area contributed by atoms with E-state index in [0.717, 1.165) is 16.2 Å². The number of hydrogen-bond acceptors (Lipinski definition) is 16. The van der Waals surface area contributed by atoms with Gasteiger partial charge in [0.25, 0.3) is 23.5 Å². The number of carbonyl (C=O) groups is 4. The fourth-order valence-corrected chi connectivity index (χ4v) is 7.39. The van der Waals surface area contributed by atoms with Crippen molar-refractivity contribution in [1.82, 2.24) is 40.2 Å². The Hall–Kier alpha value is -3.73. The number of β-lactam (4-membered cyclic amide) rings is 1. The van der Waals surface area contributed by atoms with E-state index in [4.69, 9.17) is 16.4 Å². The van der Waals surface area contributed by atoms with Gasteiger partial charge in [-0.3, -0.25) is 24.7 Å². The van der Waals surface area contributed by atoms with Gasteiger partial charge in [0.2, 0.25) is 5.60 Å². The topological polar surface area (TPSA) is 266 Å². The van der Waals surface area contributed by atoms with Gasteiger partial charge in [0.1, 0.15) is 34.4 Å². The van der Waals surface area contributed by atoms with Crippen LogP contribution in [0.4, 0.5) is 5.13 Å². The van der Waals surface area contributed by atoms with Crippen molar-refractivity contribution in [3.8, 4) is 0 Å². The molecule has 5 heterocycles. The summed E-state index contributed by atoms with van der Waals surface area (Å²) in [5, 5.41) is 31.7. The minimum Gasteiger partial charge on any atom is -0.477 e. The molecule has 0 radical (unpaired) electrons. The van der Waals surface area contributed by atoms with Gasteiger partial charge in [-0.1, -0.05) is 5.16 Å². The largest absolute Gasteiger partial charge is 0.477 e. The summed E-state index contributed by atoms with van der Waals surface area (Å²) in [6.07, 6.45) is 0. The number of aromatic nitrogens is 5. The van der Waals surface area contributed by atoms with Crippen molar-refractivity contribution >= 4 is 100.0 Å². The van der Waals surface area contributed by atoms with Crippen LogP contribution in [0.25, 0.3) is 5.78 Å². The lowest BCUT2D eigenvalue weighted by Crippen LogP contribution is -2.71. The van der Waals surface area contributed by atoms with Crippen LogP contribution >= 0.6 is 59.7 Å². The number of aliphatic carboxylic acids is 1. The number of rotatable bonds is 11. The van der Waals surface area contributed by atoms with E-state index in [2.05, 4.69) is 30.5 Å². The first-order valence-corrected chi connectivity index (χ1v) is 15.9. The number of hydrazine groups is 1. The maximum atomic E-state index is 13.4. The molecule has 1 unspecified atom stereocenters. The van der Waals surface area contributed by atoms with Crippen molar-refractivity contribution in [1.29, 1.82) is 0 Å². The van der Waals surface area contributed by atoms with Gasteiger partial charge in [-0.25, -0.2) is 20.6 Å². The van der Waals surface area contributed by atoms with Gasteiger partial charge in [0.05, 0.1) is 0 Å². The summed E-state index contributed by atoms with van der Waals surface area (Å²) < 4.78 is 1.46. The number of carbonyl (C=O) groups excluding carboxylic acids is 3. The number of nitrogens with two attached hydrogens (primary N) is 2. The summed E-state index contributed by atoms with van der Waals surface area (Å²) in [5.41, 5.74) is 6.79. The molecule has 2 atom stereocenters. The number of halogens is 2. The lowest BCUT2D eigenvalue weighted by molar-refractivity contribution is -0.150. The molecule has 1 fully saturated rings. The molecule has 0 aliphatic carbocycles. The number of fused-ring (bicyclic) bond motifs is 2. The smallest absolute Gasteiger partial charge is 0.352 e. The van der Waals surface area contributed by atoms with Crippen LogP contribution in [0.15, 0.2) is 32.9 Å². The Balaban J connectivity index is 0.00000300. The van der Waals surface area contributed by atoms with Crippen LogP contribution in [0.5, 0.6) is 0 Å². The monoisotopic (exact) mass is 749 g/mol. The highest BCUT2D eigenvalue weighted by molar-refractivity contribution is 8.01. The fourth-order valence-electron chi connectivity index (χ4n) is 4.31. The molecule has 5 rings (SSSR count). The quantitative estimate of drug-likeness (QED) is 0.0283. The first-order valence-electron chi connectivity index (χ1n) is 13.0. The third kappa shape index (κ3) is 7.55. The lowest BCUT2D eigenvalue weighted by atomic mass is 10.0. The fraction of sp³-hybridized carbons (Fsp3) is 0.375. The van der Waals surface area contributed by atoms with Crippen molar-refractivity contribution < 1.29 is 34.2 Å². The number of aliphatic hydroxyl groups excluding tert-OH is 1. The number of nitrogens with zero attached hydrogens (tertiary/aromatic N) is 7. The Morgan fingerprint density at radius 3 is 2.60 bits per heavy atom. The number of hydrogen-bond donors (Lipinski definition) is 6. The van der Waals surface area contributed by atoms with Gasteiger partial charge < -0.3 is 26.1 Å². The molecule has 0 saturated carbocycles. The molecule has 0 bridgehead atoms. The Bertz CT molecular complexity index is 1780. The summed E-state index contributed by atoms with van der Waals surface area (Å²) in [6, 6.07) is 0.679. The number of nitrogen functional groups attached to an aromatic ring is 1. The van der Waals surface area contributed by atoms with E-state index < -0.39 is 40.7 Å². The summed E-state index contributed by atoms with van der Waals surface area (Å²) in [4.78, 5) is 70.0. The van der Waals surface area contributed by atoms with Crippen LogP contribution in [0.3, 0.4) is 0 Å². The summed E-state index contributed by atoms with van der Waals surface area (Å²) in [5.74, 6) is 2.66. The molecule has 3 aromatic heterocycles. The third-order valence-electron chi connectivity index (χ3n) is 6.55.